The van der Waals surface area contributed by atoms with Gasteiger partial charge in [-0.05, 0) is 24.8 Å². The van der Waals surface area contributed by atoms with Crippen LogP contribution in [0.1, 0.15) is 49.5 Å². The summed E-state index contributed by atoms with van der Waals surface area (Å²) in [6, 6.07) is 7.90. The molecule has 1 heteroatoms. The molecular weight excluding hydrogens is 220 g/mol. The summed E-state index contributed by atoms with van der Waals surface area (Å²) in [5, 5.41) is 0. The van der Waals surface area contributed by atoms with Gasteiger partial charge in [-0.1, -0.05) is 63.3 Å². The summed E-state index contributed by atoms with van der Waals surface area (Å²) in [6.07, 6.45) is 9.05. The Bertz CT molecular complexity index is 435. The zero-order valence-electron chi connectivity index (χ0n) is 11.6. The molecule has 2 rings (SSSR count). The molecule has 0 saturated carbocycles. The van der Waals surface area contributed by atoms with E-state index in [-0.39, 0.29) is 5.78 Å². The molecule has 0 N–H and O–H groups in total. The number of carbonyl (C=O) groups is 1. The van der Waals surface area contributed by atoms with Gasteiger partial charge in [-0.25, -0.2) is 0 Å². The van der Waals surface area contributed by atoms with Crippen LogP contribution in [0.25, 0.3) is 0 Å². The Hall–Kier alpha value is -1.63. The van der Waals surface area contributed by atoms with E-state index in [4.69, 9.17) is 0 Å². The monoisotopic (exact) mass is 242 g/mol. The highest BCUT2D eigenvalue weighted by atomic mass is 16.1. The van der Waals surface area contributed by atoms with Gasteiger partial charge in [0.2, 0.25) is 0 Å². The minimum atomic E-state index is 0.138. The van der Waals surface area contributed by atoms with Gasteiger partial charge in [-0.3, -0.25) is 4.79 Å². The van der Waals surface area contributed by atoms with Crippen molar-refractivity contribution in [2.24, 2.45) is 0 Å². The highest BCUT2D eigenvalue weighted by molar-refractivity contribution is 6.10. The van der Waals surface area contributed by atoms with E-state index in [1.54, 1.807) is 0 Å². The molecule has 1 nitrogen and oxygen atoms in total. The highest BCUT2D eigenvalue weighted by Crippen LogP contribution is 2.16. The average Bonchev–Trinajstić information content (AvgIpc) is 2.49. The predicted octanol–water partition coefficient (Wildman–Crippen LogP) is 4.73. The van der Waals surface area contributed by atoms with Crippen molar-refractivity contribution in [2.75, 3.05) is 0 Å². The van der Waals surface area contributed by atoms with Crippen molar-refractivity contribution >= 4 is 5.78 Å². The minimum absolute atomic E-state index is 0.138. The van der Waals surface area contributed by atoms with E-state index < -0.39 is 0 Å². The number of Topliss-reactive ketones (excluding diaryl/α,β-unsaturated/α-hetero) is 1. The first kappa shape index (κ1) is 14.4. The molecule has 0 radical (unpaired) electrons. The third-order valence-corrected chi connectivity index (χ3v) is 2.88. The molecular formula is C17H22O. The molecule has 0 bridgehead atoms. The van der Waals surface area contributed by atoms with Gasteiger partial charge in [0, 0.05) is 11.1 Å². The van der Waals surface area contributed by atoms with Crippen LogP contribution in [0.4, 0.5) is 0 Å². The predicted molar refractivity (Wildman–Crippen MR) is 78.0 cm³/mol. The molecule has 1 aromatic carbocycles. The van der Waals surface area contributed by atoms with Crippen molar-refractivity contribution in [3.8, 4) is 0 Å². The molecule has 0 saturated heterocycles. The molecule has 0 spiro atoms. The second-order valence-electron chi connectivity index (χ2n) is 4.02. The fourth-order valence-electron chi connectivity index (χ4n) is 1.84. The second-order valence-corrected chi connectivity index (χ2v) is 4.02. The summed E-state index contributed by atoms with van der Waals surface area (Å²) in [7, 11) is 0. The quantitative estimate of drug-likeness (QED) is 0.700. The summed E-state index contributed by atoms with van der Waals surface area (Å²) < 4.78 is 0. The number of carbonyl (C=O) groups excluding carboxylic acids is 1. The number of ketones is 1. The van der Waals surface area contributed by atoms with E-state index in [1.165, 1.54) is 5.56 Å². The molecule has 0 amide bonds. The van der Waals surface area contributed by atoms with Crippen molar-refractivity contribution < 1.29 is 4.79 Å². The van der Waals surface area contributed by atoms with Gasteiger partial charge in [-0.15, -0.1) is 0 Å². The Labute approximate surface area is 110 Å². The van der Waals surface area contributed by atoms with Crippen molar-refractivity contribution in [1.82, 2.24) is 0 Å². The lowest BCUT2D eigenvalue weighted by molar-refractivity contribution is 0.103. The van der Waals surface area contributed by atoms with Crippen LogP contribution in [0, 0.1) is 0 Å². The Kier molecular flexibility index (Phi) is 6.13. The maximum absolute atomic E-state index is 12.1. The molecule has 0 fully saturated rings. The minimum Gasteiger partial charge on any atom is -0.289 e. The molecule has 0 atom stereocenters. The molecule has 0 heterocycles. The molecule has 1 aliphatic carbocycles. The fraction of sp³-hybridized carbons (Fsp3) is 0.353. The molecule has 1 aliphatic rings. The number of benzene rings is 1. The van der Waals surface area contributed by atoms with Crippen LogP contribution < -0.4 is 0 Å². The molecule has 0 aromatic heterocycles. The van der Waals surface area contributed by atoms with Crippen LogP contribution in [0.2, 0.25) is 0 Å². The molecule has 18 heavy (non-hydrogen) atoms. The number of aryl methyl sites for hydroxylation is 1. The first-order chi connectivity index (χ1) is 8.81. The van der Waals surface area contributed by atoms with Crippen LogP contribution in [0.5, 0.6) is 0 Å². The largest absolute Gasteiger partial charge is 0.289 e. The first-order valence-electron chi connectivity index (χ1n) is 6.81. The van der Waals surface area contributed by atoms with Gasteiger partial charge in [-0.2, -0.15) is 0 Å². The van der Waals surface area contributed by atoms with E-state index in [9.17, 15) is 4.79 Å². The van der Waals surface area contributed by atoms with E-state index in [0.717, 1.165) is 30.4 Å². The number of allylic oxidation sites excluding steroid dienone is 4. The summed E-state index contributed by atoms with van der Waals surface area (Å²) in [5.74, 6) is 0.138. The van der Waals surface area contributed by atoms with Crippen LogP contribution in [-0.2, 0) is 6.42 Å². The Morgan fingerprint density at radius 2 is 1.78 bits per heavy atom. The third-order valence-electron chi connectivity index (χ3n) is 2.88. The van der Waals surface area contributed by atoms with Gasteiger partial charge < -0.3 is 0 Å². The van der Waals surface area contributed by atoms with Crippen molar-refractivity contribution in [3.63, 3.8) is 0 Å². The normalized spacial score (nSPS) is 13.4. The summed E-state index contributed by atoms with van der Waals surface area (Å²) in [4.78, 5) is 12.1. The zero-order chi connectivity index (χ0) is 13.4. The first-order valence-corrected chi connectivity index (χ1v) is 6.81. The lowest BCUT2D eigenvalue weighted by Gasteiger charge is -2.06. The Balaban J connectivity index is 0.000000771. The molecule has 1 aromatic rings. The maximum atomic E-state index is 12.1. The zero-order valence-corrected chi connectivity index (χ0v) is 11.6. The smallest absolute Gasteiger partial charge is 0.192 e. The van der Waals surface area contributed by atoms with E-state index in [0.29, 0.717) is 0 Å². The topological polar surface area (TPSA) is 17.1 Å². The van der Waals surface area contributed by atoms with E-state index in [2.05, 4.69) is 13.0 Å². The SMILES string of the molecule is CC.CCc1ccc(C(=O)C2=CCCC=C2)cc1. The Morgan fingerprint density at radius 1 is 1.11 bits per heavy atom. The van der Waals surface area contributed by atoms with Crippen LogP contribution in [0.3, 0.4) is 0 Å². The van der Waals surface area contributed by atoms with Crippen molar-refractivity contribution in [1.29, 1.82) is 0 Å². The number of hydrogen-bond donors (Lipinski definition) is 0. The lowest BCUT2D eigenvalue weighted by atomic mass is 9.97. The van der Waals surface area contributed by atoms with Crippen molar-refractivity contribution in [2.45, 2.75) is 40.0 Å². The van der Waals surface area contributed by atoms with Gasteiger partial charge in [0.15, 0.2) is 5.78 Å². The molecule has 0 aliphatic heterocycles. The van der Waals surface area contributed by atoms with Gasteiger partial charge in [0.25, 0.3) is 0 Å². The number of rotatable bonds is 3. The van der Waals surface area contributed by atoms with Gasteiger partial charge in [0.05, 0.1) is 0 Å². The maximum Gasteiger partial charge on any atom is 0.192 e. The van der Waals surface area contributed by atoms with Crippen LogP contribution in [0.15, 0.2) is 48.1 Å². The Morgan fingerprint density at radius 3 is 2.28 bits per heavy atom. The number of hydrogen-bond acceptors (Lipinski definition) is 1. The molecule has 0 unspecified atom stereocenters. The average molecular weight is 242 g/mol. The van der Waals surface area contributed by atoms with Gasteiger partial charge >= 0.3 is 0 Å². The second kappa shape index (κ2) is 7.65. The van der Waals surface area contributed by atoms with E-state index in [1.807, 2.05) is 50.3 Å². The van der Waals surface area contributed by atoms with Crippen molar-refractivity contribution in [3.05, 3.63) is 59.2 Å². The lowest BCUT2D eigenvalue weighted by Crippen LogP contribution is -2.03. The summed E-state index contributed by atoms with van der Waals surface area (Å²) in [5.41, 5.74) is 2.88. The standard InChI is InChI=1S/C15H16O.C2H6/c1-2-12-8-10-14(11-9-12)15(16)13-6-4-3-5-7-13;1-2/h4,6-11H,2-3,5H2,1H3;1-2H3. The van der Waals surface area contributed by atoms with E-state index >= 15 is 0 Å². The summed E-state index contributed by atoms with van der Waals surface area (Å²) in [6.45, 7) is 6.11. The third kappa shape index (κ3) is 3.69. The highest BCUT2D eigenvalue weighted by Gasteiger charge is 2.10. The van der Waals surface area contributed by atoms with Crippen LogP contribution >= 0.6 is 0 Å². The van der Waals surface area contributed by atoms with Gasteiger partial charge in [0.1, 0.15) is 0 Å². The molecule has 96 valence electrons. The fourth-order valence-corrected chi connectivity index (χ4v) is 1.84. The van der Waals surface area contributed by atoms with Crippen LogP contribution in [-0.4, -0.2) is 5.78 Å². The summed E-state index contributed by atoms with van der Waals surface area (Å²) >= 11 is 0.